The Morgan fingerprint density at radius 1 is 1.45 bits per heavy atom. The van der Waals surface area contributed by atoms with E-state index in [4.69, 9.17) is 0 Å². The van der Waals surface area contributed by atoms with Crippen molar-refractivity contribution in [2.45, 2.75) is 33.1 Å². The van der Waals surface area contributed by atoms with Crippen molar-refractivity contribution in [3.8, 4) is 0 Å². The van der Waals surface area contributed by atoms with Gasteiger partial charge in [-0.2, -0.15) is 0 Å². The summed E-state index contributed by atoms with van der Waals surface area (Å²) < 4.78 is 0. The minimum Gasteiger partial charge on any atom is -0.0776 e. The zero-order valence-corrected chi connectivity index (χ0v) is 9.89. The molecule has 0 spiro atoms. The summed E-state index contributed by atoms with van der Waals surface area (Å²) in [6.45, 7) is 4.47. The van der Waals surface area contributed by atoms with Gasteiger partial charge >= 0.3 is 0 Å². The third kappa shape index (κ3) is 4.06. The van der Waals surface area contributed by atoms with Crippen molar-refractivity contribution in [1.29, 1.82) is 0 Å². The molecule has 0 bridgehead atoms. The maximum atomic E-state index is 2.36. The SMILES string of the molecule is CCCCC1=CC(C)C=C1.[Zr]. The van der Waals surface area contributed by atoms with Gasteiger partial charge in [0, 0.05) is 26.2 Å². The molecule has 1 aliphatic rings. The van der Waals surface area contributed by atoms with E-state index in [-0.39, 0.29) is 26.2 Å². The van der Waals surface area contributed by atoms with E-state index < -0.39 is 0 Å². The number of hydrogen-bond donors (Lipinski definition) is 0. The molecule has 0 radical (unpaired) electrons. The molecule has 0 aromatic heterocycles. The van der Waals surface area contributed by atoms with E-state index in [9.17, 15) is 0 Å². The van der Waals surface area contributed by atoms with Gasteiger partial charge in [0.15, 0.2) is 0 Å². The first-order valence-corrected chi connectivity index (χ1v) is 4.22. The Morgan fingerprint density at radius 3 is 2.64 bits per heavy atom. The molecule has 1 aliphatic carbocycles. The maximum absolute atomic E-state index is 2.36. The first kappa shape index (κ1) is 11.4. The maximum Gasteiger partial charge on any atom is 0 e. The summed E-state index contributed by atoms with van der Waals surface area (Å²) in [5.74, 6) is 0.687. The van der Waals surface area contributed by atoms with E-state index in [0.717, 1.165) is 0 Å². The van der Waals surface area contributed by atoms with E-state index in [1.807, 2.05) is 0 Å². The summed E-state index contributed by atoms with van der Waals surface area (Å²) in [6.07, 6.45) is 10.8. The molecule has 11 heavy (non-hydrogen) atoms. The fourth-order valence-electron chi connectivity index (χ4n) is 1.27. The molecule has 0 heterocycles. The van der Waals surface area contributed by atoms with Crippen molar-refractivity contribution in [1.82, 2.24) is 0 Å². The monoisotopic (exact) mass is 226 g/mol. The van der Waals surface area contributed by atoms with Gasteiger partial charge in [-0.3, -0.25) is 0 Å². The smallest absolute Gasteiger partial charge is 0 e. The predicted octanol–water partition coefficient (Wildman–Crippen LogP) is 3.31. The van der Waals surface area contributed by atoms with Gasteiger partial charge in [0.05, 0.1) is 0 Å². The molecule has 1 rings (SSSR count). The molecule has 0 aromatic carbocycles. The molecule has 0 saturated carbocycles. The molecule has 0 N–H and O–H groups in total. The summed E-state index contributed by atoms with van der Waals surface area (Å²) in [5.41, 5.74) is 1.54. The Balaban J connectivity index is 0.000001000. The number of allylic oxidation sites excluding steroid dienone is 4. The second-order valence-corrected chi connectivity index (χ2v) is 3.06. The zero-order chi connectivity index (χ0) is 7.40. The molecule has 1 atom stereocenters. The minimum absolute atomic E-state index is 0. The topological polar surface area (TPSA) is 0 Å². The van der Waals surface area contributed by atoms with Crippen LogP contribution in [0.4, 0.5) is 0 Å². The average molecular weight is 227 g/mol. The van der Waals surface area contributed by atoms with Crippen LogP contribution in [0, 0.1) is 5.92 Å². The molecule has 0 amide bonds. The fraction of sp³-hybridized carbons (Fsp3) is 0.600. The Morgan fingerprint density at radius 2 is 2.18 bits per heavy atom. The van der Waals surface area contributed by atoms with Gasteiger partial charge < -0.3 is 0 Å². The van der Waals surface area contributed by atoms with E-state index in [0.29, 0.717) is 5.92 Å². The number of hydrogen-bond acceptors (Lipinski definition) is 0. The molecular formula is C10H16Zr. The zero-order valence-electron chi connectivity index (χ0n) is 7.43. The summed E-state index contributed by atoms with van der Waals surface area (Å²) in [7, 11) is 0. The van der Waals surface area contributed by atoms with Crippen LogP contribution in [0.1, 0.15) is 33.1 Å². The van der Waals surface area contributed by atoms with E-state index in [2.05, 4.69) is 32.1 Å². The third-order valence-corrected chi connectivity index (χ3v) is 1.91. The van der Waals surface area contributed by atoms with Crippen LogP contribution in [0.3, 0.4) is 0 Å². The van der Waals surface area contributed by atoms with Crippen molar-refractivity contribution in [2.75, 3.05) is 0 Å². The van der Waals surface area contributed by atoms with Gasteiger partial charge in [-0.15, -0.1) is 0 Å². The molecule has 0 aromatic rings. The standard InChI is InChI=1S/C10H16.Zr/c1-3-4-5-10-7-6-9(2)8-10;/h6-9H,3-5H2,1-2H3;. The summed E-state index contributed by atoms with van der Waals surface area (Å²) >= 11 is 0. The van der Waals surface area contributed by atoms with E-state index >= 15 is 0 Å². The summed E-state index contributed by atoms with van der Waals surface area (Å²) in [5, 5.41) is 0. The molecule has 1 heteroatoms. The molecule has 0 fully saturated rings. The molecule has 1 unspecified atom stereocenters. The van der Waals surface area contributed by atoms with Gasteiger partial charge in [-0.05, 0) is 18.8 Å². The quantitative estimate of drug-likeness (QED) is 0.694. The van der Waals surface area contributed by atoms with Crippen LogP contribution in [-0.4, -0.2) is 0 Å². The summed E-state index contributed by atoms with van der Waals surface area (Å²) in [6, 6.07) is 0. The molecular weight excluding hydrogens is 211 g/mol. The Hall–Kier alpha value is 0.363. The Kier molecular flexibility index (Phi) is 6.14. The van der Waals surface area contributed by atoms with E-state index in [1.165, 1.54) is 24.8 Å². The van der Waals surface area contributed by atoms with Crippen molar-refractivity contribution in [3.05, 3.63) is 23.8 Å². The van der Waals surface area contributed by atoms with Gasteiger partial charge in [-0.25, -0.2) is 0 Å². The third-order valence-electron chi connectivity index (χ3n) is 1.91. The van der Waals surface area contributed by atoms with Crippen molar-refractivity contribution >= 4 is 0 Å². The minimum atomic E-state index is 0. The molecule has 60 valence electrons. The molecule has 0 aliphatic heterocycles. The van der Waals surface area contributed by atoms with Crippen LogP contribution in [0.5, 0.6) is 0 Å². The Bertz CT molecular complexity index is 156. The van der Waals surface area contributed by atoms with Crippen LogP contribution < -0.4 is 0 Å². The fourth-order valence-corrected chi connectivity index (χ4v) is 1.27. The van der Waals surface area contributed by atoms with Crippen LogP contribution in [0.2, 0.25) is 0 Å². The van der Waals surface area contributed by atoms with Crippen LogP contribution >= 0.6 is 0 Å². The Labute approximate surface area is 88.9 Å². The first-order chi connectivity index (χ1) is 4.83. The van der Waals surface area contributed by atoms with E-state index in [1.54, 1.807) is 0 Å². The number of rotatable bonds is 3. The molecule has 0 saturated heterocycles. The van der Waals surface area contributed by atoms with Crippen molar-refractivity contribution < 1.29 is 26.2 Å². The van der Waals surface area contributed by atoms with Gasteiger partial charge in [0.25, 0.3) is 0 Å². The first-order valence-electron chi connectivity index (χ1n) is 4.22. The van der Waals surface area contributed by atoms with Crippen LogP contribution in [-0.2, 0) is 26.2 Å². The average Bonchev–Trinajstić information content (AvgIpc) is 2.31. The predicted molar refractivity (Wildman–Crippen MR) is 45.9 cm³/mol. The molecule has 0 nitrogen and oxygen atoms in total. The number of unbranched alkanes of at least 4 members (excludes halogenated alkanes) is 1. The van der Waals surface area contributed by atoms with Gasteiger partial charge in [0.2, 0.25) is 0 Å². The van der Waals surface area contributed by atoms with Gasteiger partial charge in [0.1, 0.15) is 0 Å². The van der Waals surface area contributed by atoms with Crippen molar-refractivity contribution in [3.63, 3.8) is 0 Å². The largest absolute Gasteiger partial charge is 0.0776 e. The summed E-state index contributed by atoms with van der Waals surface area (Å²) in [4.78, 5) is 0. The van der Waals surface area contributed by atoms with Gasteiger partial charge in [-0.1, -0.05) is 44.1 Å². The van der Waals surface area contributed by atoms with Crippen molar-refractivity contribution in [2.24, 2.45) is 5.92 Å². The second-order valence-electron chi connectivity index (χ2n) is 3.06. The van der Waals surface area contributed by atoms with Crippen LogP contribution in [0.25, 0.3) is 0 Å². The second kappa shape index (κ2) is 5.94. The normalized spacial score (nSPS) is 21.3. The van der Waals surface area contributed by atoms with Crippen LogP contribution in [0.15, 0.2) is 23.8 Å².